The molecule has 0 aromatic heterocycles. The van der Waals surface area contributed by atoms with E-state index in [9.17, 15) is 9.59 Å². The third-order valence-corrected chi connectivity index (χ3v) is 4.05. The molecule has 0 unspecified atom stereocenters. The fourth-order valence-corrected chi connectivity index (χ4v) is 2.97. The highest BCUT2D eigenvalue weighted by Crippen LogP contribution is 2.38. The Kier molecular flexibility index (Phi) is 4.96. The molecule has 5 nitrogen and oxygen atoms in total. The summed E-state index contributed by atoms with van der Waals surface area (Å²) in [6.45, 7) is 1.87. The number of aliphatic carboxylic acids is 1. The van der Waals surface area contributed by atoms with Gasteiger partial charge in [0.05, 0.1) is 6.54 Å². The monoisotopic (exact) mass is 290 g/mol. The molecule has 5 heteroatoms. The first-order chi connectivity index (χ1) is 10.0. The van der Waals surface area contributed by atoms with Crippen LogP contribution in [0.3, 0.4) is 0 Å². The molecular formula is C16H22N2O3. The van der Waals surface area contributed by atoms with Crippen LogP contribution in [-0.2, 0) is 15.1 Å². The third-order valence-electron chi connectivity index (χ3n) is 4.05. The van der Waals surface area contributed by atoms with E-state index < -0.39 is 5.97 Å². The van der Waals surface area contributed by atoms with Crippen molar-refractivity contribution in [2.75, 3.05) is 13.1 Å². The molecular weight excluding hydrogens is 268 g/mol. The molecule has 1 saturated carbocycles. The summed E-state index contributed by atoms with van der Waals surface area (Å²) in [5, 5.41) is 14.3. The summed E-state index contributed by atoms with van der Waals surface area (Å²) >= 11 is 0. The van der Waals surface area contributed by atoms with Crippen LogP contribution in [0.1, 0.15) is 36.8 Å². The van der Waals surface area contributed by atoms with E-state index in [-0.39, 0.29) is 24.5 Å². The Hall–Kier alpha value is -1.88. The first kappa shape index (κ1) is 15.5. The maximum atomic E-state index is 11.7. The van der Waals surface area contributed by atoms with Crippen molar-refractivity contribution in [3.63, 3.8) is 0 Å². The molecule has 0 radical (unpaired) electrons. The summed E-state index contributed by atoms with van der Waals surface area (Å²) < 4.78 is 0. The number of amides is 1. The zero-order chi connectivity index (χ0) is 15.3. The number of carboxylic acids is 1. The Morgan fingerprint density at radius 2 is 1.95 bits per heavy atom. The van der Waals surface area contributed by atoms with Crippen molar-refractivity contribution < 1.29 is 14.7 Å². The number of aryl methyl sites for hydroxylation is 1. The molecule has 3 N–H and O–H groups in total. The smallest absolute Gasteiger partial charge is 0.322 e. The van der Waals surface area contributed by atoms with E-state index in [4.69, 9.17) is 5.11 Å². The number of carboxylic acid groups (broad SMARTS) is 1. The minimum Gasteiger partial charge on any atom is -0.480 e. The summed E-state index contributed by atoms with van der Waals surface area (Å²) in [4.78, 5) is 22.2. The van der Waals surface area contributed by atoms with Crippen LogP contribution in [0, 0.1) is 6.92 Å². The van der Waals surface area contributed by atoms with E-state index in [1.165, 1.54) is 11.1 Å². The molecule has 114 valence electrons. The predicted molar refractivity (Wildman–Crippen MR) is 80.0 cm³/mol. The van der Waals surface area contributed by atoms with E-state index >= 15 is 0 Å². The third kappa shape index (κ3) is 4.04. The van der Waals surface area contributed by atoms with Gasteiger partial charge in [0, 0.05) is 5.54 Å². The van der Waals surface area contributed by atoms with Crippen molar-refractivity contribution in [3.8, 4) is 0 Å². The Bertz CT molecular complexity index is 522. The molecule has 1 aromatic carbocycles. The number of rotatable bonds is 6. The standard InChI is InChI=1S/C16H22N2O3/c1-12-5-4-6-13(9-12)16(7-2-3-8-16)18-10-14(19)17-11-15(20)21/h4-6,9,18H,2-3,7-8,10-11H2,1H3,(H,17,19)(H,20,21). The number of carbonyl (C=O) groups excluding carboxylic acids is 1. The number of hydrogen-bond donors (Lipinski definition) is 3. The number of benzene rings is 1. The van der Waals surface area contributed by atoms with Gasteiger partial charge in [-0.05, 0) is 25.3 Å². The summed E-state index contributed by atoms with van der Waals surface area (Å²) in [5.41, 5.74) is 2.26. The van der Waals surface area contributed by atoms with E-state index in [0.29, 0.717) is 0 Å². The summed E-state index contributed by atoms with van der Waals surface area (Å²) in [5.74, 6) is -1.31. The molecule has 0 atom stereocenters. The second kappa shape index (κ2) is 6.72. The Morgan fingerprint density at radius 1 is 1.24 bits per heavy atom. The van der Waals surface area contributed by atoms with E-state index in [2.05, 4.69) is 35.8 Å². The van der Waals surface area contributed by atoms with Gasteiger partial charge in [0.15, 0.2) is 0 Å². The van der Waals surface area contributed by atoms with Gasteiger partial charge < -0.3 is 10.4 Å². The van der Waals surface area contributed by atoms with Gasteiger partial charge in [-0.15, -0.1) is 0 Å². The Labute approximate surface area is 124 Å². The number of carbonyl (C=O) groups is 2. The first-order valence-corrected chi connectivity index (χ1v) is 7.32. The van der Waals surface area contributed by atoms with Gasteiger partial charge >= 0.3 is 5.97 Å². The van der Waals surface area contributed by atoms with Gasteiger partial charge in [-0.1, -0.05) is 42.7 Å². The zero-order valence-corrected chi connectivity index (χ0v) is 12.3. The molecule has 1 fully saturated rings. The summed E-state index contributed by atoms with van der Waals surface area (Å²) in [6, 6.07) is 8.36. The van der Waals surface area contributed by atoms with Crippen LogP contribution in [-0.4, -0.2) is 30.1 Å². The highest BCUT2D eigenvalue weighted by atomic mass is 16.4. The van der Waals surface area contributed by atoms with Crippen LogP contribution < -0.4 is 10.6 Å². The molecule has 0 bridgehead atoms. The lowest BCUT2D eigenvalue weighted by molar-refractivity contribution is -0.137. The quantitative estimate of drug-likeness (QED) is 0.743. The average molecular weight is 290 g/mol. The van der Waals surface area contributed by atoms with Crippen molar-refractivity contribution in [3.05, 3.63) is 35.4 Å². The van der Waals surface area contributed by atoms with E-state index in [1.807, 2.05) is 6.07 Å². The summed E-state index contributed by atoms with van der Waals surface area (Å²) in [6.07, 6.45) is 4.28. The van der Waals surface area contributed by atoms with Gasteiger partial charge in [-0.3, -0.25) is 14.9 Å². The van der Waals surface area contributed by atoms with Gasteiger partial charge in [-0.2, -0.15) is 0 Å². The molecule has 0 heterocycles. The van der Waals surface area contributed by atoms with Crippen LogP contribution in [0.25, 0.3) is 0 Å². The second-order valence-corrected chi connectivity index (χ2v) is 5.68. The van der Waals surface area contributed by atoms with Crippen molar-refractivity contribution in [1.82, 2.24) is 10.6 Å². The molecule has 21 heavy (non-hydrogen) atoms. The van der Waals surface area contributed by atoms with Crippen molar-refractivity contribution in [2.45, 2.75) is 38.1 Å². The summed E-state index contributed by atoms with van der Waals surface area (Å²) in [7, 11) is 0. The maximum Gasteiger partial charge on any atom is 0.322 e. The fourth-order valence-electron chi connectivity index (χ4n) is 2.97. The lowest BCUT2D eigenvalue weighted by atomic mass is 9.87. The lowest BCUT2D eigenvalue weighted by Gasteiger charge is -2.31. The van der Waals surface area contributed by atoms with Crippen LogP contribution in [0.15, 0.2) is 24.3 Å². The minimum atomic E-state index is -1.03. The molecule has 2 rings (SSSR count). The van der Waals surface area contributed by atoms with E-state index in [1.54, 1.807) is 0 Å². The molecule has 1 aliphatic carbocycles. The molecule has 0 aliphatic heterocycles. The maximum absolute atomic E-state index is 11.7. The van der Waals surface area contributed by atoms with Gasteiger partial charge in [0.1, 0.15) is 6.54 Å². The van der Waals surface area contributed by atoms with Gasteiger partial charge in [-0.25, -0.2) is 0 Å². The van der Waals surface area contributed by atoms with Crippen molar-refractivity contribution in [2.24, 2.45) is 0 Å². The molecule has 0 saturated heterocycles. The lowest BCUT2D eigenvalue weighted by Crippen LogP contribution is -2.46. The van der Waals surface area contributed by atoms with Crippen LogP contribution in [0.4, 0.5) is 0 Å². The Morgan fingerprint density at radius 3 is 2.57 bits per heavy atom. The second-order valence-electron chi connectivity index (χ2n) is 5.68. The van der Waals surface area contributed by atoms with Crippen molar-refractivity contribution in [1.29, 1.82) is 0 Å². The van der Waals surface area contributed by atoms with Crippen LogP contribution in [0.5, 0.6) is 0 Å². The zero-order valence-electron chi connectivity index (χ0n) is 12.3. The van der Waals surface area contributed by atoms with Crippen molar-refractivity contribution >= 4 is 11.9 Å². The first-order valence-electron chi connectivity index (χ1n) is 7.32. The van der Waals surface area contributed by atoms with Crippen LogP contribution >= 0.6 is 0 Å². The number of nitrogens with one attached hydrogen (secondary N) is 2. The average Bonchev–Trinajstić information content (AvgIpc) is 2.93. The van der Waals surface area contributed by atoms with E-state index in [0.717, 1.165) is 25.7 Å². The van der Waals surface area contributed by atoms with Crippen LogP contribution in [0.2, 0.25) is 0 Å². The molecule has 1 aromatic rings. The van der Waals surface area contributed by atoms with Gasteiger partial charge in [0.25, 0.3) is 0 Å². The highest BCUT2D eigenvalue weighted by molar-refractivity contribution is 5.82. The normalized spacial score (nSPS) is 16.6. The predicted octanol–water partition coefficient (Wildman–Crippen LogP) is 1.55. The fraction of sp³-hybridized carbons (Fsp3) is 0.500. The molecule has 1 amide bonds. The molecule has 0 spiro atoms. The Balaban J connectivity index is 2.02. The highest BCUT2D eigenvalue weighted by Gasteiger charge is 2.35. The van der Waals surface area contributed by atoms with Gasteiger partial charge in [0.2, 0.25) is 5.91 Å². The minimum absolute atomic E-state index is 0.140. The number of hydrogen-bond acceptors (Lipinski definition) is 3. The largest absolute Gasteiger partial charge is 0.480 e. The SMILES string of the molecule is Cc1cccc(C2(NCC(=O)NCC(=O)O)CCCC2)c1. The topological polar surface area (TPSA) is 78.4 Å². The molecule has 1 aliphatic rings.